The van der Waals surface area contributed by atoms with Gasteiger partial charge in [0.1, 0.15) is 12.1 Å². The van der Waals surface area contributed by atoms with Crippen LogP contribution in [0.15, 0.2) is 48.0 Å². The number of para-hydroxylation sites is 1. The number of imide groups is 1. The molecule has 7 nitrogen and oxygen atoms in total. The molecule has 1 saturated heterocycles. The van der Waals surface area contributed by atoms with Crippen molar-refractivity contribution in [3.63, 3.8) is 0 Å². The molecule has 0 bridgehead atoms. The topological polar surface area (TPSA) is 94.3 Å². The summed E-state index contributed by atoms with van der Waals surface area (Å²) in [5.41, 5.74) is 1.24. The van der Waals surface area contributed by atoms with Gasteiger partial charge in [-0.1, -0.05) is 38.1 Å². The molecule has 1 aliphatic rings. The quantitative estimate of drug-likeness (QED) is 0.469. The fourth-order valence-corrected chi connectivity index (χ4v) is 5.05. The standard InChI is InChI=1S/C23H26N4O3S/c1-3-23(4-2)21(29)27(22(30)26-23)14-20(28)25-13-17(19-10-7-11-31-19)16-12-24-18-9-6-5-8-15(16)18/h5-12,17,24H,3-4,13-14H2,1-2H3,(H,25,28)(H,26,30). The molecule has 0 aliphatic carbocycles. The van der Waals surface area contributed by atoms with Crippen LogP contribution in [0.2, 0.25) is 0 Å². The number of hydrogen-bond donors (Lipinski definition) is 3. The van der Waals surface area contributed by atoms with Gasteiger partial charge in [0.15, 0.2) is 0 Å². The first-order valence-corrected chi connectivity index (χ1v) is 11.4. The highest BCUT2D eigenvalue weighted by Gasteiger charge is 2.49. The zero-order valence-corrected chi connectivity index (χ0v) is 18.4. The number of aromatic amines is 1. The maximum Gasteiger partial charge on any atom is 0.325 e. The molecule has 1 aromatic carbocycles. The molecule has 1 fully saturated rings. The van der Waals surface area contributed by atoms with Gasteiger partial charge < -0.3 is 15.6 Å². The third-order valence-electron chi connectivity index (χ3n) is 6.14. The van der Waals surface area contributed by atoms with Crippen LogP contribution in [0.25, 0.3) is 10.9 Å². The first-order valence-electron chi connectivity index (χ1n) is 10.5. The predicted octanol–water partition coefficient (Wildman–Crippen LogP) is 3.59. The van der Waals surface area contributed by atoms with E-state index in [1.165, 1.54) is 0 Å². The lowest BCUT2D eigenvalue weighted by molar-refractivity contribution is -0.135. The van der Waals surface area contributed by atoms with Gasteiger partial charge in [-0.25, -0.2) is 4.79 Å². The van der Waals surface area contributed by atoms with Gasteiger partial charge in [-0.15, -0.1) is 11.3 Å². The molecule has 1 atom stereocenters. The number of benzene rings is 1. The van der Waals surface area contributed by atoms with Crippen LogP contribution in [-0.4, -0.2) is 46.4 Å². The van der Waals surface area contributed by atoms with E-state index in [1.54, 1.807) is 11.3 Å². The highest BCUT2D eigenvalue weighted by molar-refractivity contribution is 7.10. The monoisotopic (exact) mass is 438 g/mol. The van der Waals surface area contributed by atoms with Crippen molar-refractivity contribution in [2.45, 2.75) is 38.1 Å². The second kappa shape index (κ2) is 8.55. The first-order chi connectivity index (χ1) is 15.0. The summed E-state index contributed by atoms with van der Waals surface area (Å²) in [6, 6.07) is 11.6. The molecule has 8 heteroatoms. The lowest BCUT2D eigenvalue weighted by atomic mass is 9.93. The third-order valence-corrected chi connectivity index (χ3v) is 7.13. The van der Waals surface area contributed by atoms with Crippen LogP contribution in [0.4, 0.5) is 4.79 Å². The van der Waals surface area contributed by atoms with E-state index in [0.717, 1.165) is 26.2 Å². The fraction of sp³-hybridized carbons (Fsp3) is 0.348. The Hall–Kier alpha value is -3.13. The molecule has 3 heterocycles. The maximum atomic E-state index is 12.8. The highest BCUT2D eigenvalue weighted by atomic mass is 32.1. The molecule has 3 N–H and O–H groups in total. The van der Waals surface area contributed by atoms with Gasteiger partial charge in [-0.3, -0.25) is 14.5 Å². The van der Waals surface area contributed by atoms with E-state index in [0.29, 0.717) is 19.4 Å². The summed E-state index contributed by atoms with van der Waals surface area (Å²) in [6.45, 7) is 3.81. The zero-order valence-electron chi connectivity index (χ0n) is 17.6. The molecule has 0 radical (unpaired) electrons. The van der Waals surface area contributed by atoms with E-state index in [9.17, 15) is 14.4 Å². The second-order valence-electron chi connectivity index (χ2n) is 7.77. The second-order valence-corrected chi connectivity index (χ2v) is 8.75. The van der Waals surface area contributed by atoms with Gasteiger partial charge in [0.25, 0.3) is 5.91 Å². The number of urea groups is 1. The number of nitrogens with one attached hydrogen (secondary N) is 3. The minimum Gasteiger partial charge on any atom is -0.361 e. The average molecular weight is 439 g/mol. The van der Waals surface area contributed by atoms with E-state index in [4.69, 9.17) is 0 Å². The Kier molecular flexibility index (Phi) is 5.82. The Morgan fingerprint density at radius 1 is 1.16 bits per heavy atom. The molecule has 162 valence electrons. The number of carbonyl (C=O) groups is 3. The van der Waals surface area contributed by atoms with Crippen LogP contribution >= 0.6 is 11.3 Å². The lowest BCUT2D eigenvalue weighted by Gasteiger charge is -2.23. The molecule has 1 unspecified atom stereocenters. The van der Waals surface area contributed by atoms with Gasteiger partial charge in [-0.05, 0) is 35.9 Å². The smallest absolute Gasteiger partial charge is 0.325 e. The first kappa shape index (κ1) is 21.1. The Balaban J connectivity index is 1.49. The predicted molar refractivity (Wildman–Crippen MR) is 121 cm³/mol. The molecule has 2 aromatic heterocycles. The minimum atomic E-state index is -0.902. The van der Waals surface area contributed by atoms with Crippen LogP contribution < -0.4 is 10.6 Å². The summed E-state index contributed by atoms with van der Waals surface area (Å²) in [6.07, 6.45) is 2.97. The maximum absolute atomic E-state index is 12.8. The summed E-state index contributed by atoms with van der Waals surface area (Å²) >= 11 is 1.64. The summed E-state index contributed by atoms with van der Waals surface area (Å²) in [5.74, 6) is -0.717. The van der Waals surface area contributed by atoms with Crippen LogP contribution in [0, 0.1) is 0 Å². The van der Waals surface area contributed by atoms with E-state index in [2.05, 4.69) is 27.8 Å². The van der Waals surface area contributed by atoms with Crippen LogP contribution in [0.5, 0.6) is 0 Å². The van der Waals surface area contributed by atoms with Crippen molar-refractivity contribution in [3.8, 4) is 0 Å². The molecule has 1 aliphatic heterocycles. The zero-order chi connectivity index (χ0) is 22.0. The van der Waals surface area contributed by atoms with E-state index < -0.39 is 11.6 Å². The van der Waals surface area contributed by atoms with Crippen molar-refractivity contribution in [3.05, 3.63) is 58.4 Å². The van der Waals surface area contributed by atoms with Gasteiger partial charge in [0.2, 0.25) is 5.91 Å². The van der Waals surface area contributed by atoms with Crippen molar-refractivity contribution < 1.29 is 14.4 Å². The van der Waals surface area contributed by atoms with Crippen LogP contribution in [0.1, 0.15) is 43.0 Å². The Morgan fingerprint density at radius 3 is 2.61 bits per heavy atom. The Labute approximate surface area is 184 Å². The molecule has 4 rings (SSSR count). The number of rotatable bonds is 8. The van der Waals surface area contributed by atoms with Gasteiger partial charge in [0, 0.05) is 34.4 Å². The summed E-state index contributed by atoms with van der Waals surface area (Å²) < 4.78 is 0. The molecular formula is C23H26N4O3S. The number of amides is 4. The number of thiophene rings is 1. The Bertz CT molecular complexity index is 1100. The van der Waals surface area contributed by atoms with E-state index in [-0.39, 0.29) is 24.3 Å². The van der Waals surface area contributed by atoms with Gasteiger partial charge in [-0.2, -0.15) is 0 Å². The van der Waals surface area contributed by atoms with E-state index >= 15 is 0 Å². The van der Waals surface area contributed by atoms with Crippen molar-refractivity contribution in [1.29, 1.82) is 0 Å². The molecule has 31 heavy (non-hydrogen) atoms. The molecule has 4 amide bonds. The van der Waals surface area contributed by atoms with Crippen LogP contribution in [0.3, 0.4) is 0 Å². The molecule has 0 saturated carbocycles. The highest BCUT2D eigenvalue weighted by Crippen LogP contribution is 2.33. The van der Waals surface area contributed by atoms with Crippen molar-refractivity contribution in [2.75, 3.05) is 13.1 Å². The largest absolute Gasteiger partial charge is 0.361 e. The normalized spacial score (nSPS) is 16.5. The summed E-state index contributed by atoms with van der Waals surface area (Å²) in [7, 11) is 0. The number of H-pyrrole nitrogens is 1. The molecule has 3 aromatic rings. The third kappa shape index (κ3) is 3.83. The van der Waals surface area contributed by atoms with Crippen molar-refractivity contribution in [1.82, 2.24) is 20.5 Å². The SMILES string of the molecule is CCC1(CC)NC(=O)N(CC(=O)NCC(c2cccs2)c2c[nH]c3ccccc23)C1=O. The lowest BCUT2D eigenvalue weighted by Crippen LogP contribution is -2.46. The van der Waals surface area contributed by atoms with Crippen LogP contribution in [-0.2, 0) is 9.59 Å². The number of carbonyl (C=O) groups excluding carboxylic acids is 3. The van der Waals surface area contributed by atoms with Gasteiger partial charge >= 0.3 is 6.03 Å². The average Bonchev–Trinajstić information content (AvgIpc) is 3.50. The number of fused-ring (bicyclic) bond motifs is 1. The Morgan fingerprint density at radius 2 is 1.94 bits per heavy atom. The fourth-order valence-electron chi connectivity index (χ4n) is 4.20. The molecular weight excluding hydrogens is 412 g/mol. The number of nitrogens with zero attached hydrogens (tertiary/aromatic N) is 1. The molecule has 0 spiro atoms. The van der Waals surface area contributed by atoms with Gasteiger partial charge in [0.05, 0.1) is 0 Å². The summed E-state index contributed by atoms with van der Waals surface area (Å²) in [4.78, 5) is 43.2. The number of hydrogen-bond acceptors (Lipinski definition) is 4. The van der Waals surface area contributed by atoms with E-state index in [1.807, 2.05) is 49.7 Å². The van der Waals surface area contributed by atoms with Crippen molar-refractivity contribution in [2.24, 2.45) is 0 Å². The summed E-state index contributed by atoms with van der Waals surface area (Å²) in [5, 5.41) is 8.82. The number of aromatic nitrogens is 1. The van der Waals surface area contributed by atoms with Crippen molar-refractivity contribution >= 4 is 40.1 Å². The minimum absolute atomic E-state index is 0.0337.